The van der Waals surface area contributed by atoms with Gasteiger partial charge in [0, 0.05) is 6.54 Å². The largest absolute Gasteiger partial charge is 0.507 e. The molecule has 0 heterocycles. The zero-order valence-corrected chi connectivity index (χ0v) is 13.7. The molecule has 22 heavy (non-hydrogen) atoms. The molecule has 0 aliphatic rings. The van der Waals surface area contributed by atoms with Crippen molar-refractivity contribution in [2.24, 2.45) is 0 Å². The third-order valence-corrected chi connectivity index (χ3v) is 2.82. The van der Waals surface area contributed by atoms with E-state index in [-0.39, 0.29) is 11.5 Å². The van der Waals surface area contributed by atoms with Gasteiger partial charge in [0.15, 0.2) is 5.78 Å². The van der Waals surface area contributed by atoms with Crippen molar-refractivity contribution in [1.82, 2.24) is 5.32 Å². The number of hydrogen-bond donors (Lipinski definition) is 2. The van der Waals surface area contributed by atoms with Crippen LogP contribution in [0.25, 0.3) is 6.08 Å². The maximum atomic E-state index is 11.5. The van der Waals surface area contributed by atoms with E-state index in [4.69, 9.17) is 4.74 Å². The van der Waals surface area contributed by atoms with Gasteiger partial charge in [-0.3, -0.25) is 4.79 Å². The predicted octanol–water partition coefficient (Wildman–Crippen LogP) is 3.44. The fraction of sp³-hybridized carbons (Fsp3) is 0.412. The minimum atomic E-state index is -0.529. The zero-order valence-electron chi connectivity index (χ0n) is 13.7. The van der Waals surface area contributed by atoms with Gasteiger partial charge in [-0.25, -0.2) is 4.79 Å². The molecule has 0 bridgehead atoms. The fourth-order valence-electron chi connectivity index (χ4n) is 1.82. The first-order chi connectivity index (χ1) is 10.1. The van der Waals surface area contributed by atoms with Gasteiger partial charge in [0.05, 0.1) is 5.56 Å². The van der Waals surface area contributed by atoms with Crippen LogP contribution in [0, 0.1) is 6.92 Å². The number of aryl methyl sites for hydroxylation is 1. The number of Topliss-reactive ketones (excluding diaryl/α,β-unsaturated/α-hetero) is 1. The van der Waals surface area contributed by atoms with E-state index in [0.717, 1.165) is 11.1 Å². The molecule has 0 saturated carbocycles. The molecule has 1 amide bonds. The standard InChI is InChI=1S/C17H23NO4/c1-11-9-14(12(2)19)15(20)10-13(11)7-6-8-18-16(21)22-17(3,4)5/h6-7,9-10,20H,8H2,1-5H3,(H,18,21). The minimum absolute atomic E-state index is 0.0437. The summed E-state index contributed by atoms with van der Waals surface area (Å²) in [7, 11) is 0. The van der Waals surface area contributed by atoms with Crippen molar-refractivity contribution in [2.75, 3.05) is 6.54 Å². The van der Waals surface area contributed by atoms with Crippen molar-refractivity contribution in [1.29, 1.82) is 0 Å². The summed E-state index contributed by atoms with van der Waals surface area (Å²) in [6.07, 6.45) is 3.04. The molecule has 0 saturated heterocycles. The van der Waals surface area contributed by atoms with E-state index in [1.54, 1.807) is 39.0 Å². The highest BCUT2D eigenvalue weighted by Gasteiger charge is 2.15. The van der Waals surface area contributed by atoms with E-state index < -0.39 is 11.7 Å². The highest BCUT2D eigenvalue weighted by Crippen LogP contribution is 2.23. The Morgan fingerprint density at radius 1 is 1.32 bits per heavy atom. The van der Waals surface area contributed by atoms with Crippen LogP contribution >= 0.6 is 0 Å². The van der Waals surface area contributed by atoms with Crippen LogP contribution in [0.15, 0.2) is 18.2 Å². The molecule has 0 radical (unpaired) electrons. The molecule has 5 heteroatoms. The van der Waals surface area contributed by atoms with E-state index in [2.05, 4.69) is 5.32 Å². The van der Waals surface area contributed by atoms with Crippen molar-refractivity contribution in [3.63, 3.8) is 0 Å². The van der Waals surface area contributed by atoms with E-state index in [1.165, 1.54) is 13.0 Å². The van der Waals surface area contributed by atoms with Gasteiger partial charge < -0.3 is 15.2 Å². The van der Waals surface area contributed by atoms with Crippen molar-refractivity contribution < 1.29 is 19.4 Å². The second kappa shape index (κ2) is 7.11. The molecule has 0 aromatic heterocycles. The lowest BCUT2D eigenvalue weighted by Gasteiger charge is -2.19. The summed E-state index contributed by atoms with van der Waals surface area (Å²) in [5, 5.41) is 12.4. The third-order valence-electron chi connectivity index (χ3n) is 2.82. The highest BCUT2D eigenvalue weighted by atomic mass is 16.6. The number of aromatic hydroxyl groups is 1. The van der Waals surface area contributed by atoms with Gasteiger partial charge in [0.25, 0.3) is 0 Å². The van der Waals surface area contributed by atoms with Crippen LogP contribution < -0.4 is 5.32 Å². The zero-order chi connectivity index (χ0) is 16.9. The number of ketones is 1. The maximum Gasteiger partial charge on any atom is 0.407 e. The molecule has 0 fully saturated rings. The lowest BCUT2D eigenvalue weighted by molar-refractivity contribution is 0.0534. The minimum Gasteiger partial charge on any atom is -0.507 e. The Bertz CT molecular complexity index is 597. The van der Waals surface area contributed by atoms with E-state index >= 15 is 0 Å². The second-order valence-electron chi connectivity index (χ2n) is 6.07. The molecular weight excluding hydrogens is 282 g/mol. The lowest BCUT2D eigenvalue weighted by atomic mass is 10.0. The SMILES string of the molecule is CC(=O)c1cc(C)c(C=CCNC(=O)OC(C)(C)C)cc1O. The van der Waals surface area contributed by atoms with Gasteiger partial charge in [0.2, 0.25) is 0 Å². The molecule has 0 aliphatic heterocycles. The van der Waals surface area contributed by atoms with Gasteiger partial charge in [0.1, 0.15) is 11.4 Å². The number of phenols is 1. The number of hydrogen-bond acceptors (Lipinski definition) is 4. The van der Waals surface area contributed by atoms with E-state index in [0.29, 0.717) is 12.1 Å². The summed E-state index contributed by atoms with van der Waals surface area (Å²) in [6, 6.07) is 3.19. The number of alkyl carbamates (subject to hydrolysis) is 1. The number of rotatable bonds is 4. The number of carbonyl (C=O) groups excluding carboxylic acids is 2. The van der Waals surface area contributed by atoms with Crippen LogP contribution in [0.4, 0.5) is 4.79 Å². The first kappa shape index (κ1) is 17.8. The van der Waals surface area contributed by atoms with Crippen LogP contribution in [0.5, 0.6) is 5.75 Å². The fourth-order valence-corrected chi connectivity index (χ4v) is 1.82. The third kappa shape index (κ3) is 5.60. The number of ether oxygens (including phenoxy) is 1. The van der Waals surface area contributed by atoms with Crippen LogP contribution in [0.3, 0.4) is 0 Å². The van der Waals surface area contributed by atoms with Gasteiger partial charge in [-0.05, 0) is 57.9 Å². The maximum absolute atomic E-state index is 11.5. The number of benzene rings is 1. The molecule has 5 nitrogen and oxygen atoms in total. The summed E-state index contributed by atoms with van der Waals surface area (Å²) in [4.78, 5) is 22.8. The van der Waals surface area contributed by atoms with Crippen LogP contribution in [0.1, 0.15) is 49.2 Å². The molecule has 0 aliphatic carbocycles. The van der Waals surface area contributed by atoms with Gasteiger partial charge in [-0.15, -0.1) is 0 Å². The molecule has 1 aromatic carbocycles. The van der Waals surface area contributed by atoms with Crippen molar-refractivity contribution in [3.8, 4) is 5.75 Å². The molecule has 0 spiro atoms. The number of carbonyl (C=O) groups is 2. The number of phenolic OH excluding ortho intramolecular Hbond substituents is 1. The molecule has 120 valence electrons. The second-order valence-corrected chi connectivity index (χ2v) is 6.07. The Labute approximate surface area is 131 Å². The Hall–Kier alpha value is -2.30. The smallest absolute Gasteiger partial charge is 0.407 e. The topological polar surface area (TPSA) is 75.6 Å². The van der Waals surface area contributed by atoms with Crippen molar-refractivity contribution >= 4 is 18.0 Å². The first-order valence-electron chi connectivity index (χ1n) is 7.08. The van der Waals surface area contributed by atoms with E-state index in [1.807, 2.05) is 6.92 Å². The van der Waals surface area contributed by atoms with E-state index in [9.17, 15) is 14.7 Å². The predicted molar refractivity (Wildman–Crippen MR) is 86.1 cm³/mol. The average molecular weight is 305 g/mol. The van der Waals surface area contributed by atoms with Gasteiger partial charge in [-0.2, -0.15) is 0 Å². The lowest BCUT2D eigenvalue weighted by Crippen LogP contribution is -2.32. The monoisotopic (exact) mass is 305 g/mol. The van der Waals surface area contributed by atoms with Crippen molar-refractivity contribution in [3.05, 3.63) is 34.9 Å². The Balaban J connectivity index is 2.66. The molecular formula is C17H23NO4. The van der Waals surface area contributed by atoms with Gasteiger partial charge in [-0.1, -0.05) is 12.2 Å². The summed E-state index contributed by atoms with van der Waals surface area (Å²) >= 11 is 0. The normalized spacial score (nSPS) is 11.5. The summed E-state index contributed by atoms with van der Waals surface area (Å²) in [5.74, 6) is -0.222. The highest BCUT2D eigenvalue weighted by molar-refractivity contribution is 5.97. The summed E-state index contributed by atoms with van der Waals surface area (Å²) < 4.78 is 5.11. The summed E-state index contributed by atoms with van der Waals surface area (Å²) in [6.45, 7) is 8.96. The summed E-state index contributed by atoms with van der Waals surface area (Å²) in [5.41, 5.74) is 1.44. The molecule has 0 unspecified atom stereocenters. The quantitative estimate of drug-likeness (QED) is 0.835. The van der Waals surface area contributed by atoms with Crippen LogP contribution in [0.2, 0.25) is 0 Å². The average Bonchev–Trinajstić information content (AvgIpc) is 2.35. The Morgan fingerprint density at radius 2 is 1.95 bits per heavy atom. The Morgan fingerprint density at radius 3 is 2.50 bits per heavy atom. The molecule has 1 rings (SSSR count). The molecule has 2 N–H and O–H groups in total. The first-order valence-corrected chi connectivity index (χ1v) is 7.08. The van der Waals surface area contributed by atoms with Crippen LogP contribution in [-0.4, -0.2) is 29.1 Å². The molecule has 0 atom stereocenters. The Kier molecular flexibility index (Phi) is 5.74. The number of nitrogens with one attached hydrogen (secondary N) is 1. The number of amides is 1. The van der Waals surface area contributed by atoms with Crippen molar-refractivity contribution in [2.45, 2.75) is 40.2 Å². The molecule has 1 aromatic rings. The van der Waals surface area contributed by atoms with Gasteiger partial charge >= 0.3 is 6.09 Å². The van der Waals surface area contributed by atoms with Crippen LogP contribution in [-0.2, 0) is 4.74 Å².